The molecule has 1 aromatic carbocycles. The van der Waals surface area contributed by atoms with Crippen LogP contribution in [0.1, 0.15) is 11.3 Å². The molecule has 1 heterocycles. The van der Waals surface area contributed by atoms with Crippen molar-refractivity contribution in [1.29, 1.82) is 0 Å². The Morgan fingerprint density at radius 1 is 1.33 bits per heavy atom. The molecule has 0 fully saturated rings. The van der Waals surface area contributed by atoms with Crippen LogP contribution in [0.4, 0.5) is 0 Å². The van der Waals surface area contributed by atoms with Gasteiger partial charge in [-0.1, -0.05) is 12.1 Å². The van der Waals surface area contributed by atoms with Crippen LogP contribution in [-0.4, -0.2) is 16.8 Å². The van der Waals surface area contributed by atoms with Crippen molar-refractivity contribution < 1.29 is 9.84 Å². The van der Waals surface area contributed by atoms with Crippen molar-refractivity contribution in [3.8, 4) is 11.4 Å². The Kier molecular flexibility index (Phi) is 3.48. The number of pyridine rings is 1. The Balaban J connectivity index is 2.65. The number of aliphatic hydroxyl groups excluding tert-OH is 1. The van der Waals surface area contributed by atoms with Crippen LogP contribution in [0.5, 0.6) is 5.75 Å². The summed E-state index contributed by atoms with van der Waals surface area (Å²) in [6.07, 6.45) is 1.60. The molecule has 0 aliphatic carbocycles. The van der Waals surface area contributed by atoms with Crippen LogP contribution in [0.25, 0.3) is 5.69 Å². The fraction of sp³-hybridized carbons (Fsp3) is 0.214. The van der Waals surface area contributed by atoms with Gasteiger partial charge in [-0.15, -0.1) is 0 Å². The SMILES string of the molecule is COc1cn(-c2cccc(C)c2)c(CO)cc1=O. The summed E-state index contributed by atoms with van der Waals surface area (Å²) in [7, 11) is 1.45. The minimum atomic E-state index is -0.231. The standard InChI is InChI=1S/C14H15NO3/c1-10-4-3-5-11(6-10)15-8-14(18-2)13(17)7-12(15)9-16/h3-8,16H,9H2,1-2H3. The van der Waals surface area contributed by atoms with Crippen molar-refractivity contribution in [1.82, 2.24) is 4.57 Å². The maximum Gasteiger partial charge on any atom is 0.223 e. The maximum absolute atomic E-state index is 11.6. The van der Waals surface area contributed by atoms with Crippen LogP contribution >= 0.6 is 0 Å². The summed E-state index contributed by atoms with van der Waals surface area (Å²) >= 11 is 0. The second-order valence-corrected chi connectivity index (χ2v) is 4.06. The van der Waals surface area contributed by atoms with E-state index in [2.05, 4.69) is 0 Å². The lowest BCUT2D eigenvalue weighted by molar-refractivity contribution is 0.273. The normalized spacial score (nSPS) is 10.4. The lowest BCUT2D eigenvalue weighted by Crippen LogP contribution is -2.13. The summed E-state index contributed by atoms with van der Waals surface area (Å²) in [5, 5.41) is 9.34. The number of benzene rings is 1. The molecule has 0 bridgehead atoms. The van der Waals surface area contributed by atoms with Crippen molar-refractivity contribution >= 4 is 0 Å². The number of aromatic nitrogens is 1. The number of methoxy groups -OCH3 is 1. The molecule has 2 rings (SSSR count). The van der Waals surface area contributed by atoms with E-state index in [0.29, 0.717) is 5.69 Å². The molecule has 4 heteroatoms. The van der Waals surface area contributed by atoms with Gasteiger partial charge >= 0.3 is 0 Å². The van der Waals surface area contributed by atoms with Gasteiger partial charge in [0, 0.05) is 11.8 Å². The van der Waals surface area contributed by atoms with E-state index in [1.54, 1.807) is 10.8 Å². The molecular formula is C14H15NO3. The fourth-order valence-electron chi connectivity index (χ4n) is 1.85. The zero-order valence-electron chi connectivity index (χ0n) is 10.4. The van der Waals surface area contributed by atoms with Crippen molar-refractivity contribution in [2.24, 2.45) is 0 Å². The van der Waals surface area contributed by atoms with Crippen LogP contribution in [0.3, 0.4) is 0 Å². The number of aliphatic hydroxyl groups is 1. The predicted molar refractivity (Wildman–Crippen MR) is 69.3 cm³/mol. The zero-order chi connectivity index (χ0) is 13.1. The minimum Gasteiger partial charge on any atom is -0.491 e. The molecule has 2 aromatic rings. The maximum atomic E-state index is 11.6. The summed E-state index contributed by atoms with van der Waals surface area (Å²) < 4.78 is 6.78. The van der Waals surface area contributed by atoms with Crippen LogP contribution in [0.15, 0.2) is 41.3 Å². The number of hydrogen-bond donors (Lipinski definition) is 1. The highest BCUT2D eigenvalue weighted by molar-refractivity contribution is 5.39. The highest BCUT2D eigenvalue weighted by atomic mass is 16.5. The van der Waals surface area contributed by atoms with Gasteiger partial charge < -0.3 is 14.4 Å². The van der Waals surface area contributed by atoms with Gasteiger partial charge in [0.25, 0.3) is 0 Å². The number of ether oxygens (including phenoxy) is 1. The molecule has 0 unspecified atom stereocenters. The Morgan fingerprint density at radius 2 is 2.11 bits per heavy atom. The van der Waals surface area contributed by atoms with E-state index >= 15 is 0 Å². The molecule has 0 saturated carbocycles. The highest BCUT2D eigenvalue weighted by Gasteiger charge is 2.07. The van der Waals surface area contributed by atoms with E-state index in [1.807, 2.05) is 31.2 Å². The molecule has 4 nitrogen and oxygen atoms in total. The second-order valence-electron chi connectivity index (χ2n) is 4.06. The molecule has 0 atom stereocenters. The van der Waals surface area contributed by atoms with Crippen LogP contribution in [0, 0.1) is 6.92 Å². The molecular weight excluding hydrogens is 230 g/mol. The van der Waals surface area contributed by atoms with Gasteiger partial charge in [-0.05, 0) is 24.6 Å². The van der Waals surface area contributed by atoms with Gasteiger partial charge in [-0.3, -0.25) is 4.79 Å². The molecule has 0 spiro atoms. The monoisotopic (exact) mass is 245 g/mol. The third-order valence-electron chi connectivity index (χ3n) is 2.76. The molecule has 94 valence electrons. The van der Waals surface area contributed by atoms with Crippen molar-refractivity contribution in [3.63, 3.8) is 0 Å². The average Bonchev–Trinajstić information content (AvgIpc) is 2.38. The predicted octanol–water partition coefficient (Wildman–Crippen LogP) is 1.65. The molecule has 0 aliphatic heterocycles. The largest absolute Gasteiger partial charge is 0.491 e. The number of hydrogen-bond acceptors (Lipinski definition) is 3. The van der Waals surface area contributed by atoms with Gasteiger partial charge in [-0.2, -0.15) is 0 Å². The first kappa shape index (κ1) is 12.4. The van der Waals surface area contributed by atoms with Crippen molar-refractivity contribution in [3.05, 3.63) is 58.0 Å². The quantitative estimate of drug-likeness (QED) is 0.894. The Morgan fingerprint density at radius 3 is 2.72 bits per heavy atom. The molecule has 1 aromatic heterocycles. The van der Waals surface area contributed by atoms with Crippen molar-refractivity contribution in [2.45, 2.75) is 13.5 Å². The first-order valence-corrected chi connectivity index (χ1v) is 5.63. The highest BCUT2D eigenvalue weighted by Crippen LogP contribution is 2.15. The first-order valence-electron chi connectivity index (χ1n) is 5.63. The van der Waals surface area contributed by atoms with Crippen LogP contribution in [-0.2, 0) is 6.61 Å². The lowest BCUT2D eigenvalue weighted by Gasteiger charge is -2.13. The Labute approximate surface area is 105 Å². The smallest absolute Gasteiger partial charge is 0.223 e. The topological polar surface area (TPSA) is 51.5 Å². The molecule has 18 heavy (non-hydrogen) atoms. The Hall–Kier alpha value is -2.07. The van der Waals surface area contributed by atoms with Gasteiger partial charge in [0.15, 0.2) is 5.75 Å². The zero-order valence-corrected chi connectivity index (χ0v) is 10.4. The summed E-state index contributed by atoms with van der Waals surface area (Å²) in [5.41, 5.74) is 2.29. The van der Waals surface area contributed by atoms with E-state index in [0.717, 1.165) is 11.3 Å². The number of rotatable bonds is 3. The third kappa shape index (κ3) is 2.28. The summed E-state index contributed by atoms with van der Waals surface area (Å²) in [4.78, 5) is 11.6. The van der Waals surface area contributed by atoms with Crippen molar-refractivity contribution in [2.75, 3.05) is 7.11 Å². The third-order valence-corrected chi connectivity index (χ3v) is 2.76. The average molecular weight is 245 g/mol. The molecule has 0 aliphatic rings. The molecule has 0 amide bonds. The Bertz CT molecular complexity index is 617. The summed E-state index contributed by atoms with van der Waals surface area (Å²) in [5.74, 6) is 0.258. The molecule has 0 radical (unpaired) electrons. The van der Waals surface area contributed by atoms with E-state index in [9.17, 15) is 9.90 Å². The summed E-state index contributed by atoms with van der Waals surface area (Å²) in [6, 6.07) is 9.19. The number of aryl methyl sites for hydroxylation is 1. The van der Waals surface area contributed by atoms with Crippen LogP contribution in [0.2, 0.25) is 0 Å². The molecule has 1 N–H and O–H groups in total. The fourth-order valence-corrected chi connectivity index (χ4v) is 1.85. The van der Waals surface area contributed by atoms with Gasteiger partial charge in [0.05, 0.1) is 25.6 Å². The van der Waals surface area contributed by atoms with E-state index < -0.39 is 0 Å². The van der Waals surface area contributed by atoms with E-state index in [1.165, 1.54) is 13.2 Å². The molecule has 0 saturated heterocycles. The van der Waals surface area contributed by atoms with Gasteiger partial charge in [0.1, 0.15) is 0 Å². The van der Waals surface area contributed by atoms with E-state index in [-0.39, 0.29) is 17.8 Å². The summed E-state index contributed by atoms with van der Waals surface area (Å²) in [6.45, 7) is 1.79. The minimum absolute atomic E-state index is 0.201. The second kappa shape index (κ2) is 5.06. The van der Waals surface area contributed by atoms with Gasteiger partial charge in [-0.25, -0.2) is 0 Å². The number of nitrogens with zero attached hydrogens (tertiary/aromatic N) is 1. The van der Waals surface area contributed by atoms with Gasteiger partial charge in [0.2, 0.25) is 5.43 Å². The van der Waals surface area contributed by atoms with Crippen LogP contribution < -0.4 is 10.2 Å². The lowest BCUT2D eigenvalue weighted by atomic mass is 10.2. The van der Waals surface area contributed by atoms with E-state index in [4.69, 9.17) is 4.74 Å². The first-order chi connectivity index (χ1) is 8.65.